The molecule has 0 aromatic rings. The Morgan fingerprint density at radius 2 is 0.203 bits per heavy atom. The van der Waals surface area contributed by atoms with Crippen molar-refractivity contribution in [3.05, 3.63) is 0 Å². The van der Waals surface area contributed by atoms with E-state index >= 15 is 0 Å². The van der Waals surface area contributed by atoms with Crippen LogP contribution >= 0.6 is 0 Å². The molecule has 0 rings (SSSR count). The molecule has 2 nitrogen and oxygen atoms in total. The number of unbranched alkanes of at least 4 members (excludes halogenated alkanes) is 60. The van der Waals surface area contributed by atoms with Gasteiger partial charge in [-0.25, -0.2) is 0 Å². The summed E-state index contributed by atoms with van der Waals surface area (Å²) in [6, 6.07) is 0. The van der Waals surface area contributed by atoms with Crippen molar-refractivity contribution in [2.75, 3.05) is 53.4 Å². The number of rotatable bonds is 72. The zero-order valence-electron chi connectivity index (χ0n) is 57.1. The molecule has 79 heavy (non-hydrogen) atoms. The van der Waals surface area contributed by atoms with Crippen molar-refractivity contribution in [2.24, 2.45) is 0 Å². The summed E-state index contributed by atoms with van der Waals surface area (Å²) in [6.45, 7) is 17.9. The average molecular weight is 1110 g/mol. The molecule has 0 aliphatic carbocycles. The van der Waals surface area contributed by atoms with Crippen molar-refractivity contribution in [1.29, 1.82) is 0 Å². The lowest BCUT2D eigenvalue weighted by Gasteiger charge is -2.38. The van der Waals surface area contributed by atoms with E-state index in [9.17, 15) is 0 Å². The summed E-state index contributed by atoms with van der Waals surface area (Å²) in [6.07, 6.45) is 95.5. The third-order valence-electron chi connectivity index (χ3n) is 19.6. The molecule has 0 N–H and O–H groups in total. The Morgan fingerprint density at radius 3 is 0.316 bits per heavy atom. The first kappa shape index (κ1) is 78.9. The molecule has 0 radical (unpaired) electrons. The van der Waals surface area contributed by atoms with Gasteiger partial charge in [0.25, 0.3) is 0 Å². The second-order valence-electron chi connectivity index (χ2n) is 28.1. The van der Waals surface area contributed by atoms with Crippen LogP contribution in [-0.4, -0.2) is 62.3 Å². The summed E-state index contributed by atoms with van der Waals surface area (Å²) in [5, 5.41) is 0. The summed E-state index contributed by atoms with van der Waals surface area (Å²) in [7, 11) is 5.40. The van der Waals surface area contributed by atoms with Crippen LogP contribution in [-0.2, 0) is 0 Å². The Labute approximate surface area is 504 Å². The lowest BCUT2D eigenvalue weighted by atomic mass is 10.0. The molecule has 0 heterocycles. The summed E-state index contributed by atoms with van der Waals surface area (Å²) >= 11 is 0. The Bertz CT molecular complexity index is 914. The van der Waals surface area contributed by atoms with Gasteiger partial charge in [-0.2, -0.15) is 0 Å². The maximum Gasteiger partial charge on any atom is 0.0838 e. The zero-order chi connectivity index (χ0) is 57.2. The zero-order valence-corrected chi connectivity index (χ0v) is 57.1. The van der Waals surface area contributed by atoms with Crippen LogP contribution in [0.5, 0.6) is 0 Å². The molecule has 0 aromatic heterocycles. The van der Waals surface area contributed by atoms with E-state index in [4.69, 9.17) is 0 Å². The second-order valence-corrected chi connectivity index (χ2v) is 28.1. The molecular formula is C77H160N2+2. The third kappa shape index (κ3) is 63.8. The van der Waals surface area contributed by atoms with Gasteiger partial charge >= 0.3 is 0 Å². The molecular weight excluding hydrogens is 953 g/mol. The molecule has 0 amide bonds. The van der Waals surface area contributed by atoms with Gasteiger partial charge in [0.2, 0.25) is 0 Å². The number of quaternary nitrogens is 2. The molecule has 0 saturated carbocycles. The average Bonchev–Trinajstić information content (AvgIpc) is 3.45. The van der Waals surface area contributed by atoms with Gasteiger partial charge in [0.1, 0.15) is 0 Å². The van der Waals surface area contributed by atoms with Crippen LogP contribution < -0.4 is 0 Å². The summed E-state index contributed by atoms with van der Waals surface area (Å²) in [5.41, 5.74) is 0. The Morgan fingerprint density at radius 1 is 0.114 bits per heavy atom. The highest BCUT2D eigenvalue weighted by molar-refractivity contribution is 4.57. The van der Waals surface area contributed by atoms with Crippen molar-refractivity contribution in [1.82, 2.24) is 0 Å². The second kappa shape index (κ2) is 67.1. The Balaban J connectivity index is 5.02. The minimum Gasteiger partial charge on any atom is -0.326 e. The summed E-state index contributed by atoms with van der Waals surface area (Å²) in [4.78, 5) is 0. The van der Waals surface area contributed by atoms with Gasteiger partial charge in [-0.05, 0) is 51.4 Å². The molecule has 0 unspecified atom stereocenters. The topological polar surface area (TPSA) is 0 Å². The largest absolute Gasteiger partial charge is 0.326 e. The monoisotopic (exact) mass is 1110 g/mol. The molecule has 0 fully saturated rings. The van der Waals surface area contributed by atoms with Crippen molar-refractivity contribution < 1.29 is 8.97 Å². The van der Waals surface area contributed by atoms with Crippen LogP contribution in [0.15, 0.2) is 0 Å². The van der Waals surface area contributed by atoms with Crippen LogP contribution in [0.1, 0.15) is 445 Å². The van der Waals surface area contributed by atoms with Gasteiger partial charge in [-0.3, -0.25) is 0 Å². The Hall–Kier alpha value is -0.0800. The lowest BCUT2D eigenvalue weighted by molar-refractivity contribution is -0.928. The smallest absolute Gasteiger partial charge is 0.0838 e. The van der Waals surface area contributed by atoms with Crippen molar-refractivity contribution in [3.63, 3.8) is 0 Å². The van der Waals surface area contributed by atoms with Gasteiger partial charge < -0.3 is 8.97 Å². The summed E-state index contributed by atoms with van der Waals surface area (Å²) in [5.74, 6) is 0. The van der Waals surface area contributed by atoms with Crippen LogP contribution in [0, 0.1) is 0 Å². The summed E-state index contributed by atoms with van der Waals surface area (Å²) < 4.78 is 2.71. The van der Waals surface area contributed by atoms with Crippen LogP contribution in [0.2, 0.25) is 0 Å². The molecule has 2 heteroatoms. The van der Waals surface area contributed by atoms with Crippen molar-refractivity contribution in [2.45, 2.75) is 445 Å². The Kier molecular flexibility index (Phi) is 67.0. The molecule has 0 atom stereocenters. The number of hydrogen-bond acceptors (Lipinski definition) is 0. The quantitative estimate of drug-likeness (QED) is 0.0421. The maximum atomic E-state index is 2.70. The first-order valence-corrected chi connectivity index (χ1v) is 38.6. The van der Waals surface area contributed by atoms with Gasteiger partial charge in [0.05, 0.1) is 53.4 Å². The maximum absolute atomic E-state index is 2.70. The van der Waals surface area contributed by atoms with E-state index in [0.717, 1.165) is 0 Å². The SMILES string of the molecule is CCCCCCCCCCCCCCCCCC[N+](C)(CCCCCCCCCCCCCCCCCC)CCC[N+](C)(CCCCCCCCCCCCCCCCCC)CCCCCCCCCCCCCCCCCC. The van der Waals surface area contributed by atoms with E-state index in [-0.39, 0.29) is 0 Å². The van der Waals surface area contributed by atoms with E-state index < -0.39 is 0 Å². The van der Waals surface area contributed by atoms with Crippen molar-refractivity contribution in [3.8, 4) is 0 Å². The minimum atomic E-state index is 1.36. The number of hydrogen-bond donors (Lipinski definition) is 0. The fourth-order valence-electron chi connectivity index (χ4n) is 13.7. The van der Waals surface area contributed by atoms with Crippen LogP contribution in [0.3, 0.4) is 0 Å². The third-order valence-corrected chi connectivity index (χ3v) is 19.6. The van der Waals surface area contributed by atoms with Gasteiger partial charge in [0.15, 0.2) is 0 Å². The normalized spacial score (nSPS) is 12.2. The van der Waals surface area contributed by atoms with E-state index in [1.807, 2.05) is 0 Å². The van der Waals surface area contributed by atoms with Gasteiger partial charge in [0, 0.05) is 6.42 Å². The first-order chi connectivity index (χ1) is 38.9. The molecule has 0 aliphatic rings. The molecule has 0 aliphatic heterocycles. The standard InChI is InChI=1S/C77H160N2/c1-7-11-15-19-23-27-31-35-39-43-47-51-55-59-63-67-72-78(5,73-68-64-60-56-52-48-44-40-36-32-28-24-20-16-12-8-2)76-71-77-79(6,74-69-65-61-57-53-49-45-41-37-33-29-25-21-17-13-9-3)75-70-66-62-58-54-50-46-42-38-34-30-26-22-18-14-10-4/h7-77H2,1-6H3/q+2. The molecule has 0 spiro atoms. The highest BCUT2D eigenvalue weighted by Crippen LogP contribution is 2.22. The van der Waals surface area contributed by atoms with Crippen LogP contribution in [0.4, 0.5) is 0 Å². The van der Waals surface area contributed by atoms with E-state index in [0.29, 0.717) is 0 Å². The highest BCUT2D eigenvalue weighted by atomic mass is 15.3. The van der Waals surface area contributed by atoms with Gasteiger partial charge in [-0.1, -0.05) is 387 Å². The molecule has 0 bridgehead atoms. The molecule has 0 saturated heterocycles. The van der Waals surface area contributed by atoms with E-state index in [1.54, 1.807) is 0 Å². The number of nitrogens with zero attached hydrogens (tertiary/aromatic N) is 2. The molecule has 476 valence electrons. The van der Waals surface area contributed by atoms with Crippen LogP contribution in [0.25, 0.3) is 0 Å². The highest BCUT2D eigenvalue weighted by Gasteiger charge is 2.26. The van der Waals surface area contributed by atoms with E-state index in [1.165, 1.54) is 466 Å². The van der Waals surface area contributed by atoms with E-state index in [2.05, 4.69) is 41.8 Å². The minimum absolute atomic E-state index is 1.36. The predicted octanol–water partition coefficient (Wildman–Crippen LogP) is 27.3. The van der Waals surface area contributed by atoms with Crippen molar-refractivity contribution >= 4 is 0 Å². The fourth-order valence-corrected chi connectivity index (χ4v) is 13.7. The lowest BCUT2D eigenvalue weighted by Crippen LogP contribution is -2.50. The van der Waals surface area contributed by atoms with Gasteiger partial charge in [-0.15, -0.1) is 0 Å². The fraction of sp³-hybridized carbons (Fsp3) is 1.00. The predicted molar refractivity (Wildman–Crippen MR) is 364 cm³/mol. The molecule has 0 aromatic carbocycles. The first-order valence-electron chi connectivity index (χ1n) is 38.6.